The minimum atomic E-state index is -4.72. The first-order chi connectivity index (χ1) is 22.7. The average molecular weight is 689 g/mol. The Hall–Kier alpha value is -5.71. The summed E-state index contributed by atoms with van der Waals surface area (Å²) in [5.74, 6) is -1.59. The Balaban J connectivity index is 1.46. The largest absolute Gasteiger partial charge is 0.493 e. The van der Waals surface area contributed by atoms with Gasteiger partial charge in [-0.1, -0.05) is 35.9 Å². The van der Waals surface area contributed by atoms with Gasteiger partial charge in [-0.3, -0.25) is 9.59 Å². The Labute approximate surface area is 271 Å². The van der Waals surface area contributed by atoms with Crippen LogP contribution in [0.4, 0.5) is 13.2 Å². The van der Waals surface area contributed by atoms with Gasteiger partial charge in [0.1, 0.15) is 0 Å². The number of hydrogen-bond donors (Lipinski definition) is 1. The molecule has 17 heteroatoms. The number of carbonyl (C=O) groups excluding carboxylic acids is 2. The van der Waals surface area contributed by atoms with Crippen molar-refractivity contribution in [2.75, 3.05) is 13.7 Å². The van der Waals surface area contributed by atoms with Crippen LogP contribution < -0.4 is 14.2 Å². The molecule has 48 heavy (non-hydrogen) atoms. The van der Waals surface area contributed by atoms with Gasteiger partial charge in [0.15, 0.2) is 17.2 Å². The second-order valence-electron chi connectivity index (χ2n) is 10.0. The third-order valence-electron chi connectivity index (χ3n) is 6.53. The fraction of sp³-hybridized carbons (Fsp3) is 0.194. The van der Waals surface area contributed by atoms with Crippen molar-refractivity contribution in [3.8, 4) is 28.4 Å². The standard InChI is InChI=1S/C31H27F3N4O9S/c1-20-5-9-22(10-6-20)25-19-28(31(32,33)34)35-37(25)23-11-13-24(14-12-23)48(43,44)36-29(39)16-8-21-7-15-26(45-2)27(18-21)47-30(40)4-3-17-46-38(41)42/h5-16,18-19H,3-4,17H2,1-2H3,(H,36,39)/b16-8+. The van der Waals surface area contributed by atoms with Crippen LogP contribution in [0.3, 0.4) is 0 Å². The SMILES string of the molecule is COc1ccc(/C=C/C(=O)NS(=O)(=O)c2ccc(-n3nc(C(F)(F)F)cc3-c3ccc(C)cc3)cc2)cc1OC(=O)CCCO[N+](=O)[O-]. The number of benzene rings is 3. The lowest BCUT2D eigenvalue weighted by Crippen LogP contribution is -2.29. The Morgan fingerprint density at radius 3 is 2.33 bits per heavy atom. The van der Waals surface area contributed by atoms with Gasteiger partial charge < -0.3 is 14.3 Å². The molecule has 13 nitrogen and oxygen atoms in total. The smallest absolute Gasteiger partial charge is 0.435 e. The van der Waals surface area contributed by atoms with Crippen molar-refractivity contribution in [1.82, 2.24) is 14.5 Å². The minimum absolute atomic E-state index is 0.0157. The van der Waals surface area contributed by atoms with Gasteiger partial charge in [0.05, 0.1) is 30.0 Å². The fourth-order valence-electron chi connectivity index (χ4n) is 4.22. The average Bonchev–Trinajstić information content (AvgIpc) is 3.49. The van der Waals surface area contributed by atoms with Gasteiger partial charge in [-0.05, 0) is 67.4 Å². The maximum Gasteiger partial charge on any atom is 0.435 e. The van der Waals surface area contributed by atoms with Gasteiger partial charge in [0.2, 0.25) is 0 Å². The molecule has 0 spiro atoms. The summed E-state index contributed by atoms with van der Waals surface area (Å²) in [5, 5.41) is 12.9. The van der Waals surface area contributed by atoms with Crippen molar-refractivity contribution >= 4 is 28.0 Å². The molecule has 4 rings (SSSR count). The monoisotopic (exact) mass is 688 g/mol. The first-order valence-corrected chi connectivity index (χ1v) is 15.4. The number of carbonyl (C=O) groups is 2. The number of aromatic nitrogens is 2. The molecule has 0 fully saturated rings. The van der Waals surface area contributed by atoms with E-state index in [1.165, 1.54) is 43.5 Å². The van der Waals surface area contributed by atoms with Crippen LogP contribution >= 0.6 is 0 Å². The van der Waals surface area contributed by atoms with Crippen molar-refractivity contribution in [1.29, 1.82) is 0 Å². The van der Waals surface area contributed by atoms with Crippen molar-refractivity contribution in [2.45, 2.75) is 30.8 Å². The van der Waals surface area contributed by atoms with Crippen LogP contribution in [0.25, 0.3) is 23.0 Å². The highest BCUT2D eigenvalue weighted by Crippen LogP contribution is 2.34. The van der Waals surface area contributed by atoms with Gasteiger partial charge in [-0.25, -0.2) is 17.8 Å². The highest BCUT2D eigenvalue weighted by Gasteiger charge is 2.35. The molecule has 3 aromatic carbocycles. The molecule has 4 aromatic rings. The molecule has 0 unspecified atom stereocenters. The zero-order valence-corrected chi connectivity index (χ0v) is 26.1. The third kappa shape index (κ3) is 9.18. The van der Waals surface area contributed by atoms with E-state index < -0.39 is 38.9 Å². The molecule has 1 N–H and O–H groups in total. The number of sulfonamides is 1. The van der Waals surface area contributed by atoms with E-state index in [2.05, 4.69) is 9.94 Å². The van der Waals surface area contributed by atoms with Gasteiger partial charge in [0, 0.05) is 18.1 Å². The van der Waals surface area contributed by atoms with E-state index in [9.17, 15) is 41.3 Å². The molecule has 0 saturated carbocycles. The summed E-state index contributed by atoms with van der Waals surface area (Å²) in [5.41, 5.74) is 0.841. The highest BCUT2D eigenvalue weighted by atomic mass is 32.2. The second kappa shape index (κ2) is 14.8. The number of esters is 1. The van der Waals surface area contributed by atoms with Crippen molar-refractivity contribution < 1.29 is 50.6 Å². The molecule has 0 saturated heterocycles. The number of alkyl halides is 3. The van der Waals surface area contributed by atoms with Gasteiger partial charge in [-0.15, -0.1) is 10.1 Å². The summed E-state index contributed by atoms with van der Waals surface area (Å²) in [6.07, 6.45) is -2.72. The molecule has 0 aliphatic carbocycles. The number of aryl methyl sites for hydroxylation is 1. The molecule has 0 radical (unpaired) electrons. The van der Waals surface area contributed by atoms with E-state index in [0.717, 1.165) is 34.5 Å². The van der Waals surface area contributed by atoms with E-state index in [1.54, 1.807) is 24.3 Å². The zero-order chi connectivity index (χ0) is 35.1. The van der Waals surface area contributed by atoms with Crippen LogP contribution in [-0.2, 0) is 30.6 Å². The molecule has 0 atom stereocenters. The van der Waals surface area contributed by atoms with E-state index >= 15 is 0 Å². The van der Waals surface area contributed by atoms with E-state index in [0.29, 0.717) is 11.1 Å². The Morgan fingerprint density at radius 1 is 1.02 bits per heavy atom. The summed E-state index contributed by atoms with van der Waals surface area (Å²) in [6.45, 7) is 1.53. The lowest BCUT2D eigenvalue weighted by atomic mass is 10.1. The molecule has 1 heterocycles. The predicted octanol–water partition coefficient (Wildman–Crippen LogP) is 5.29. The van der Waals surface area contributed by atoms with Crippen LogP contribution in [0, 0.1) is 17.0 Å². The highest BCUT2D eigenvalue weighted by molar-refractivity contribution is 7.90. The van der Waals surface area contributed by atoms with E-state index in [4.69, 9.17) is 9.47 Å². The molecule has 0 aliphatic rings. The Bertz CT molecular complexity index is 1940. The summed E-state index contributed by atoms with van der Waals surface area (Å²) < 4.78 is 79.7. The zero-order valence-electron chi connectivity index (χ0n) is 25.3. The van der Waals surface area contributed by atoms with Crippen LogP contribution in [0.15, 0.2) is 83.8 Å². The van der Waals surface area contributed by atoms with Crippen molar-refractivity contribution in [3.05, 3.63) is 106 Å². The number of methoxy groups -OCH3 is 1. The van der Waals surface area contributed by atoms with Gasteiger partial charge >= 0.3 is 12.1 Å². The summed E-state index contributed by atoms with van der Waals surface area (Å²) >= 11 is 0. The molecule has 1 amide bonds. The second-order valence-corrected chi connectivity index (χ2v) is 11.7. The first-order valence-electron chi connectivity index (χ1n) is 13.9. The summed E-state index contributed by atoms with van der Waals surface area (Å²) in [4.78, 5) is 38.7. The van der Waals surface area contributed by atoms with Crippen molar-refractivity contribution in [3.63, 3.8) is 0 Å². The maximum atomic E-state index is 13.5. The molecular weight excluding hydrogens is 661 g/mol. The molecular formula is C31H27F3N4O9S. The van der Waals surface area contributed by atoms with Gasteiger partial charge in [-0.2, -0.15) is 18.3 Å². The van der Waals surface area contributed by atoms with E-state index in [-0.39, 0.29) is 47.2 Å². The molecule has 252 valence electrons. The van der Waals surface area contributed by atoms with Crippen LogP contribution in [0.1, 0.15) is 29.7 Å². The Kier molecular flexibility index (Phi) is 10.8. The third-order valence-corrected chi connectivity index (χ3v) is 7.90. The van der Waals surface area contributed by atoms with Crippen LogP contribution in [0.5, 0.6) is 11.5 Å². The number of ether oxygens (including phenoxy) is 2. The molecule has 0 aliphatic heterocycles. The lowest BCUT2D eigenvalue weighted by molar-refractivity contribution is -0.757. The Morgan fingerprint density at radius 2 is 1.71 bits per heavy atom. The number of hydrogen-bond acceptors (Lipinski definition) is 10. The normalized spacial score (nSPS) is 11.7. The predicted molar refractivity (Wildman–Crippen MR) is 164 cm³/mol. The maximum absolute atomic E-state index is 13.5. The lowest BCUT2D eigenvalue weighted by Gasteiger charge is -2.10. The molecule has 1 aromatic heterocycles. The quantitative estimate of drug-likeness (QED) is 0.0487. The van der Waals surface area contributed by atoms with Gasteiger partial charge in [0.25, 0.3) is 21.0 Å². The number of nitrogens with one attached hydrogen (secondary N) is 1. The van der Waals surface area contributed by atoms with Crippen molar-refractivity contribution in [2.24, 2.45) is 0 Å². The summed E-state index contributed by atoms with van der Waals surface area (Å²) in [6, 6.07) is 16.7. The van der Waals surface area contributed by atoms with E-state index in [1.807, 2.05) is 11.6 Å². The topological polar surface area (TPSA) is 169 Å². The minimum Gasteiger partial charge on any atom is -0.493 e. The van der Waals surface area contributed by atoms with Crippen LogP contribution in [-0.4, -0.2) is 48.9 Å². The summed E-state index contributed by atoms with van der Waals surface area (Å²) in [7, 11) is -3.07. The molecule has 0 bridgehead atoms. The first kappa shape index (κ1) is 35.1. The van der Waals surface area contributed by atoms with Crippen LogP contribution in [0.2, 0.25) is 0 Å². The number of amides is 1. The fourth-order valence-corrected chi connectivity index (χ4v) is 5.16. The number of halogens is 3. The number of rotatable bonds is 13. The number of nitrogens with zero attached hydrogens (tertiary/aromatic N) is 3.